The predicted octanol–water partition coefficient (Wildman–Crippen LogP) is 0.267. The topological polar surface area (TPSA) is 59.5 Å². The van der Waals surface area contributed by atoms with Crippen LogP contribution in [0.3, 0.4) is 0 Å². The Morgan fingerprint density at radius 1 is 1.53 bits per heavy atom. The van der Waals surface area contributed by atoms with Crippen molar-refractivity contribution in [2.24, 2.45) is 0 Å². The fourth-order valence-electron chi connectivity index (χ4n) is 1.42. The highest BCUT2D eigenvalue weighted by molar-refractivity contribution is 5.35. The number of hydrogen-bond donors (Lipinski definition) is 1. The van der Waals surface area contributed by atoms with Crippen molar-refractivity contribution in [3.8, 4) is 0 Å². The molecule has 0 aromatic carbocycles. The summed E-state index contributed by atoms with van der Waals surface area (Å²) in [4.78, 5) is 11.7. The molecule has 2 rings (SSSR count). The molecule has 0 bridgehead atoms. The average molecular weight is 207 g/mol. The molecule has 1 atom stereocenters. The van der Waals surface area contributed by atoms with Crippen molar-refractivity contribution in [3.05, 3.63) is 34.9 Å². The molecule has 0 spiro atoms. The van der Waals surface area contributed by atoms with E-state index >= 15 is 0 Å². The molecule has 0 saturated heterocycles. The van der Waals surface area contributed by atoms with Crippen LogP contribution in [0.4, 0.5) is 0 Å². The maximum absolute atomic E-state index is 11.7. The Labute approximate surface area is 86.6 Å². The van der Waals surface area contributed by atoms with Crippen LogP contribution in [0, 0.1) is 0 Å². The molecule has 1 N–H and O–H groups in total. The largest absolute Gasteiger partial charge is 0.391 e. The predicted molar refractivity (Wildman–Crippen MR) is 55.7 cm³/mol. The zero-order valence-electron chi connectivity index (χ0n) is 8.50. The summed E-state index contributed by atoms with van der Waals surface area (Å²) < 4.78 is 2.76. The maximum atomic E-state index is 11.7. The minimum absolute atomic E-state index is 0.210. The first-order valence-corrected chi connectivity index (χ1v) is 4.94. The zero-order chi connectivity index (χ0) is 10.8. The minimum atomic E-state index is -0.521. The van der Waals surface area contributed by atoms with Gasteiger partial charge in [0.05, 0.1) is 12.6 Å². The fraction of sp³-hybridized carbons (Fsp3) is 0.400. The van der Waals surface area contributed by atoms with E-state index in [0.717, 1.165) is 0 Å². The lowest BCUT2D eigenvalue weighted by atomic mass is 10.3. The Kier molecular flexibility index (Phi) is 2.55. The van der Waals surface area contributed by atoms with E-state index in [1.165, 1.54) is 9.08 Å². The molecule has 0 aliphatic heterocycles. The van der Waals surface area contributed by atoms with Crippen molar-refractivity contribution in [1.82, 2.24) is 14.2 Å². The summed E-state index contributed by atoms with van der Waals surface area (Å²) in [6, 6.07) is 5.36. The second kappa shape index (κ2) is 3.86. The first-order valence-electron chi connectivity index (χ1n) is 4.94. The van der Waals surface area contributed by atoms with E-state index < -0.39 is 6.10 Å². The lowest BCUT2D eigenvalue weighted by Gasteiger charge is -2.04. The van der Waals surface area contributed by atoms with Crippen molar-refractivity contribution in [2.45, 2.75) is 26.0 Å². The van der Waals surface area contributed by atoms with Gasteiger partial charge in [0.25, 0.3) is 0 Å². The monoisotopic (exact) mass is 207 g/mol. The minimum Gasteiger partial charge on any atom is -0.391 e. The number of aromatic nitrogens is 3. The molecule has 0 saturated carbocycles. The van der Waals surface area contributed by atoms with Crippen LogP contribution in [0.15, 0.2) is 29.2 Å². The highest BCUT2D eigenvalue weighted by Gasteiger charge is 2.09. The van der Waals surface area contributed by atoms with Crippen LogP contribution in [-0.2, 0) is 6.54 Å². The van der Waals surface area contributed by atoms with Gasteiger partial charge in [-0.15, -0.1) is 5.10 Å². The Balaban J connectivity index is 2.45. The van der Waals surface area contributed by atoms with Crippen LogP contribution in [-0.4, -0.2) is 25.4 Å². The van der Waals surface area contributed by atoms with Gasteiger partial charge in [-0.1, -0.05) is 13.0 Å². The Hall–Kier alpha value is -1.62. The SMILES string of the molecule is CCC(O)Cn1nc2ccccn2c1=O. The van der Waals surface area contributed by atoms with Gasteiger partial charge in [-0.05, 0) is 18.6 Å². The molecule has 2 aromatic rings. The number of aliphatic hydroxyl groups is 1. The number of pyridine rings is 1. The van der Waals surface area contributed by atoms with E-state index in [2.05, 4.69) is 5.10 Å². The summed E-state index contributed by atoms with van der Waals surface area (Å²) in [6.45, 7) is 2.11. The maximum Gasteiger partial charge on any atom is 0.350 e. The number of fused-ring (bicyclic) bond motifs is 1. The quantitative estimate of drug-likeness (QED) is 0.785. The van der Waals surface area contributed by atoms with E-state index in [-0.39, 0.29) is 12.2 Å². The summed E-state index contributed by atoms with van der Waals surface area (Å²) in [5.74, 6) is 0. The van der Waals surface area contributed by atoms with Crippen LogP contribution in [0.2, 0.25) is 0 Å². The third kappa shape index (κ3) is 1.78. The second-order valence-corrected chi connectivity index (χ2v) is 3.46. The molecule has 15 heavy (non-hydrogen) atoms. The van der Waals surface area contributed by atoms with E-state index in [4.69, 9.17) is 0 Å². The molecule has 5 heteroatoms. The summed E-state index contributed by atoms with van der Waals surface area (Å²) in [7, 11) is 0. The Morgan fingerprint density at radius 2 is 2.33 bits per heavy atom. The number of nitrogens with zero attached hydrogens (tertiary/aromatic N) is 3. The zero-order valence-corrected chi connectivity index (χ0v) is 8.50. The number of aliphatic hydroxyl groups excluding tert-OH is 1. The molecule has 0 aliphatic rings. The second-order valence-electron chi connectivity index (χ2n) is 3.46. The van der Waals surface area contributed by atoms with Crippen LogP contribution in [0.25, 0.3) is 5.65 Å². The molecular formula is C10H13N3O2. The summed E-state index contributed by atoms with van der Waals surface area (Å²) in [5, 5.41) is 13.6. The van der Waals surface area contributed by atoms with E-state index in [0.29, 0.717) is 12.1 Å². The van der Waals surface area contributed by atoms with Gasteiger partial charge in [-0.25, -0.2) is 9.48 Å². The van der Waals surface area contributed by atoms with Gasteiger partial charge >= 0.3 is 5.69 Å². The van der Waals surface area contributed by atoms with Gasteiger partial charge in [0.1, 0.15) is 0 Å². The Morgan fingerprint density at radius 3 is 3.00 bits per heavy atom. The molecule has 2 heterocycles. The van der Waals surface area contributed by atoms with Crippen LogP contribution < -0.4 is 5.69 Å². The molecular weight excluding hydrogens is 194 g/mol. The fourth-order valence-corrected chi connectivity index (χ4v) is 1.42. The standard InChI is InChI=1S/C10H13N3O2/c1-2-8(14)7-13-10(15)12-6-4-3-5-9(12)11-13/h3-6,8,14H,2,7H2,1H3. The normalized spacial score (nSPS) is 13.2. The van der Waals surface area contributed by atoms with Crippen molar-refractivity contribution in [1.29, 1.82) is 0 Å². The lowest BCUT2D eigenvalue weighted by Crippen LogP contribution is -2.26. The third-order valence-electron chi connectivity index (χ3n) is 2.34. The summed E-state index contributed by atoms with van der Waals surface area (Å²) in [5.41, 5.74) is 0.393. The van der Waals surface area contributed by atoms with Crippen LogP contribution >= 0.6 is 0 Å². The van der Waals surface area contributed by atoms with Gasteiger partial charge in [0.2, 0.25) is 0 Å². The van der Waals surface area contributed by atoms with Crippen LogP contribution in [0.1, 0.15) is 13.3 Å². The van der Waals surface area contributed by atoms with E-state index in [1.807, 2.05) is 13.0 Å². The number of rotatable bonds is 3. The summed E-state index contributed by atoms with van der Waals surface area (Å²) >= 11 is 0. The molecule has 1 unspecified atom stereocenters. The molecule has 0 aliphatic carbocycles. The van der Waals surface area contributed by atoms with Gasteiger partial charge in [-0.3, -0.25) is 4.40 Å². The first-order chi connectivity index (χ1) is 7.22. The highest BCUT2D eigenvalue weighted by Crippen LogP contribution is 1.97. The first kappa shape index (κ1) is 9.92. The molecule has 0 fully saturated rings. The van der Waals surface area contributed by atoms with Gasteiger partial charge < -0.3 is 5.11 Å². The molecule has 0 radical (unpaired) electrons. The van der Waals surface area contributed by atoms with E-state index in [9.17, 15) is 9.90 Å². The average Bonchev–Trinajstić information content (AvgIpc) is 2.57. The molecule has 80 valence electrons. The molecule has 5 nitrogen and oxygen atoms in total. The molecule has 0 amide bonds. The van der Waals surface area contributed by atoms with Gasteiger partial charge in [0.15, 0.2) is 5.65 Å². The van der Waals surface area contributed by atoms with Gasteiger partial charge in [-0.2, -0.15) is 0 Å². The van der Waals surface area contributed by atoms with Crippen molar-refractivity contribution in [2.75, 3.05) is 0 Å². The van der Waals surface area contributed by atoms with Crippen molar-refractivity contribution < 1.29 is 5.11 Å². The van der Waals surface area contributed by atoms with Crippen LogP contribution in [0.5, 0.6) is 0 Å². The van der Waals surface area contributed by atoms with Gasteiger partial charge in [0, 0.05) is 6.20 Å². The summed E-state index contributed by atoms with van der Waals surface area (Å²) in [6.07, 6.45) is 1.76. The highest BCUT2D eigenvalue weighted by atomic mass is 16.3. The lowest BCUT2D eigenvalue weighted by molar-refractivity contribution is 0.144. The smallest absolute Gasteiger partial charge is 0.350 e. The molecule has 2 aromatic heterocycles. The van der Waals surface area contributed by atoms with Crippen molar-refractivity contribution in [3.63, 3.8) is 0 Å². The third-order valence-corrected chi connectivity index (χ3v) is 2.34. The Bertz CT molecular complexity index is 515. The van der Waals surface area contributed by atoms with Crippen molar-refractivity contribution >= 4 is 5.65 Å². The van der Waals surface area contributed by atoms with E-state index in [1.54, 1.807) is 18.3 Å². The number of hydrogen-bond acceptors (Lipinski definition) is 3.